The molecule has 1 aromatic carbocycles. The number of benzene rings is 1. The fourth-order valence-electron chi connectivity index (χ4n) is 2.51. The van der Waals surface area contributed by atoms with Crippen molar-refractivity contribution in [1.82, 2.24) is 4.90 Å². The zero-order valence-electron chi connectivity index (χ0n) is 12.6. The van der Waals surface area contributed by atoms with Crippen LogP contribution in [0.1, 0.15) is 45.1 Å². The maximum absolute atomic E-state index is 12.1. The number of carbonyl (C=O) groups is 1. The molecule has 1 aliphatic rings. The van der Waals surface area contributed by atoms with Gasteiger partial charge in [0.1, 0.15) is 5.60 Å². The zero-order chi connectivity index (χ0) is 14.8. The Kier molecular flexibility index (Phi) is 4.21. The van der Waals surface area contributed by atoms with Crippen molar-refractivity contribution < 1.29 is 9.53 Å². The van der Waals surface area contributed by atoms with Gasteiger partial charge in [0.25, 0.3) is 0 Å². The highest BCUT2D eigenvalue weighted by Crippen LogP contribution is 2.28. The molecule has 4 heteroatoms. The van der Waals surface area contributed by atoms with Gasteiger partial charge in [-0.25, -0.2) is 4.79 Å². The molecule has 0 bridgehead atoms. The van der Waals surface area contributed by atoms with E-state index in [0.29, 0.717) is 5.92 Å². The van der Waals surface area contributed by atoms with E-state index >= 15 is 0 Å². The Morgan fingerprint density at radius 2 is 1.95 bits per heavy atom. The lowest BCUT2D eigenvalue weighted by molar-refractivity contribution is 0.0198. The van der Waals surface area contributed by atoms with E-state index in [1.54, 1.807) is 0 Å². The van der Waals surface area contributed by atoms with Crippen LogP contribution in [0.5, 0.6) is 0 Å². The number of piperidine rings is 1. The minimum atomic E-state index is -0.439. The molecule has 0 saturated carbocycles. The van der Waals surface area contributed by atoms with Gasteiger partial charge >= 0.3 is 6.09 Å². The number of carbonyl (C=O) groups excluding carboxylic acids is 1. The number of anilines is 1. The predicted molar refractivity (Wildman–Crippen MR) is 80.6 cm³/mol. The second-order valence-electron chi connectivity index (χ2n) is 6.43. The first-order valence-corrected chi connectivity index (χ1v) is 7.18. The van der Waals surface area contributed by atoms with Crippen LogP contribution in [0.2, 0.25) is 0 Å². The average molecular weight is 276 g/mol. The first kappa shape index (κ1) is 14.7. The van der Waals surface area contributed by atoms with Crippen LogP contribution in [0.15, 0.2) is 24.3 Å². The molecular weight excluding hydrogens is 252 g/mol. The molecule has 1 atom stereocenters. The van der Waals surface area contributed by atoms with E-state index in [0.717, 1.165) is 31.6 Å². The quantitative estimate of drug-likeness (QED) is 0.800. The molecule has 4 nitrogen and oxygen atoms in total. The summed E-state index contributed by atoms with van der Waals surface area (Å²) in [7, 11) is 0. The van der Waals surface area contributed by atoms with Crippen LogP contribution in [-0.2, 0) is 4.74 Å². The molecule has 0 aliphatic carbocycles. The lowest BCUT2D eigenvalue weighted by Crippen LogP contribution is -2.42. The van der Waals surface area contributed by atoms with Gasteiger partial charge in [-0.3, -0.25) is 0 Å². The summed E-state index contributed by atoms with van der Waals surface area (Å²) in [5.74, 6) is 0.372. The largest absolute Gasteiger partial charge is 0.444 e. The van der Waals surface area contributed by atoms with Crippen molar-refractivity contribution in [3.8, 4) is 0 Å². The summed E-state index contributed by atoms with van der Waals surface area (Å²) in [4.78, 5) is 13.9. The highest BCUT2D eigenvalue weighted by molar-refractivity contribution is 5.68. The molecule has 1 heterocycles. The average Bonchev–Trinajstić information content (AvgIpc) is 2.38. The molecule has 1 amide bonds. The molecule has 2 N–H and O–H groups in total. The van der Waals surface area contributed by atoms with Crippen molar-refractivity contribution in [2.45, 2.75) is 45.1 Å². The Bertz CT molecular complexity index is 462. The van der Waals surface area contributed by atoms with Crippen molar-refractivity contribution in [1.29, 1.82) is 0 Å². The number of amides is 1. The molecule has 1 saturated heterocycles. The summed E-state index contributed by atoms with van der Waals surface area (Å²) in [6, 6.07) is 7.95. The topological polar surface area (TPSA) is 55.6 Å². The van der Waals surface area contributed by atoms with Crippen molar-refractivity contribution in [2.24, 2.45) is 0 Å². The molecule has 20 heavy (non-hydrogen) atoms. The summed E-state index contributed by atoms with van der Waals surface area (Å²) < 4.78 is 5.45. The standard InChI is InChI=1S/C16H24N2O2/c1-16(2,3)20-15(19)18-10-4-5-13(11-18)12-6-8-14(17)9-7-12/h6-9,13H,4-5,10-11,17H2,1-3H3/t13-/m1/s1. The number of hydrogen-bond donors (Lipinski definition) is 1. The Hall–Kier alpha value is -1.71. The molecule has 0 unspecified atom stereocenters. The third kappa shape index (κ3) is 3.89. The SMILES string of the molecule is CC(C)(C)OC(=O)N1CCC[C@@H](c2ccc(N)cc2)C1. The molecular formula is C16H24N2O2. The maximum Gasteiger partial charge on any atom is 0.410 e. The van der Waals surface area contributed by atoms with Crippen LogP contribution in [-0.4, -0.2) is 29.7 Å². The number of nitrogens with zero attached hydrogens (tertiary/aromatic N) is 1. The molecule has 1 aromatic rings. The Balaban J connectivity index is 2.01. The van der Waals surface area contributed by atoms with Crippen LogP contribution >= 0.6 is 0 Å². The normalized spacial score (nSPS) is 19.8. The third-order valence-electron chi connectivity index (χ3n) is 3.48. The van der Waals surface area contributed by atoms with Crippen LogP contribution in [0, 0.1) is 0 Å². The number of nitrogen functional groups attached to an aromatic ring is 1. The van der Waals surface area contributed by atoms with Crippen LogP contribution < -0.4 is 5.73 Å². The highest BCUT2D eigenvalue weighted by Gasteiger charge is 2.28. The first-order chi connectivity index (χ1) is 9.35. The van der Waals surface area contributed by atoms with E-state index in [4.69, 9.17) is 10.5 Å². The van der Waals surface area contributed by atoms with E-state index in [-0.39, 0.29) is 6.09 Å². The molecule has 0 aromatic heterocycles. The summed E-state index contributed by atoms with van der Waals surface area (Å²) >= 11 is 0. The molecule has 1 fully saturated rings. The number of likely N-dealkylation sites (tertiary alicyclic amines) is 1. The van der Waals surface area contributed by atoms with Crippen LogP contribution in [0.3, 0.4) is 0 Å². The van der Waals surface area contributed by atoms with Gasteiger partial charge in [-0.05, 0) is 51.3 Å². The Morgan fingerprint density at radius 1 is 1.30 bits per heavy atom. The Labute approximate surface area is 120 Å². The van der Waals surface area contributed by atoms with Gasteiger partial charge in [-0.15, -0.1) is 0 Å². The summed E-state index contributed by atoms with van der Waals surface area (Å²) in [6.07, 6.45) is 1.90. The molecule has 110 valence electrons. The summed E-state index contributed by atoms with van der Waals surface area (Å²) in [5.41, 5.74) is 7.29. The van der Waals surface area contributed by atoms with E-state index in [1.165, 1.54) is 5.56 Å². The van der Waals surface area contributed by atoms with Crippen molar-refractivity contribution in [3.05, 3.63) is 29.8 Å². The minimum absolute atomic E-state index is 0.211. The van der Waals surface area contributed by atoms with Crippen LogP contribution in [0.4, 0.5) is 10.5 Å². The van der Waals surface area contributed by atoms with Crippen LogP contribution in [0.25, 0.3) is 0 Å². The van der Waals surface area contributed by atoms with Crippen molar-refractivity contribution in [2.75, 3.05) is 18.8 Å². The number of ether oxygens (including phenoxy) is 1. The second-order valence-corrected chi connectivity index (χ2v) is 6.43. The number of hydrogen-bond acceptors (Lipinski definition) is 3. The summed E-state index contributed by atoms with van der Waals surface area (Å²) in [6.45, 7) is 7.18. The van der Waals surface area contributed by atoms with Gasteiger partial charge in [-0.2, -0.15) is 0 Å². The van der Waals surface area contributed by atoms with Gasteiger partial charge in [0.15, 0.2) is 0 Å². The second kappa shape index (κ2) is 5.73. The van der Waals surface area contributed by atoms with E-state index in [2.05, 4.69) is 12.1 Å². The van der Waals surface area contributed by atoms with Gasteiger partial charge in [0.2, 0.25) is 0 Å². The van der Waals surface area contributed by atoms with Gasteiger partial charge in [-0.1, -0.05) is 12.1 Å². The van der Waals surface area contributed by atoms with Crippen molar-refractivity contribution >= 4 is 11.8 Å². The third-order valence-corrected chi connectivity index (χ3v) is 3.48. The molecule has 2 rings (SSSR count). The fourth-order valence-corrected chi connectivity index (χ4v) is 2.51. The zero-order valence-corrected chi connectivity index (χ0v) is 12.6. The van der Waals surface area contributed by atoms with Gasteiger partial charge in [0, 0.05) is 24.7 Å². The number of nitrogens with two attached hydrogens (primary N) is 1. The highest BCUT2D eigenvalue weighted by atomic mass is 16.6. The summed E-state index contributed by atoms with van der Waals surface area (Å²) in [5, 5.41) is 0. The Morgan fingerprint density at radius 3 is 2.55 bits per heavy atom. The van der Waals surface area contributed by atoms with Gasteiger partial charge in [0.05, 0.1) is 0 Å². The molecule has 0 spiro atoms. The fraction of sp³-hybridized carbons (Fsp3) is 0.562. The van der Waals surface area contributed by atoms with E-state index in [9.17, 15) is 4.79 Å². The van der Waals surface area contributed by atoms with E-state index in [1.807, 2.05) is 37.8 Å². The lowest BCUT2D eigenvalue weighted by atomic mass is 9.91. The maximum atomic E-state index is 12.1. The number of rotatable bonds is 1. The monoisotopic (exact) mass is 276 g/mol. The van der Waals surface area contributed by atoms with Crippen molar-refractivity contribution in [3.63, 3.8) is 0 Å². The van der Waals surface area contributed by atoms with E-state index < -0.39 is 5.60 Å². The smallest absolute Gasteiger partial charge is 0.410 e. The predicted octanol–water partition coefficient (Wildman–Crippen LogP) is 3.38. The minimum Gasteiger partial charge on any atom is -0.444 e. The molecule has 0 radical (unpaired) electrons. The lowest BCUT2D eigenvalue weighted by Gasteiger charge is -2.34. The molecule has 1 aliphatic heterocycles. The van der Waals surface area contributed by atoms with Gasteiger partial charge < -0.3 is 15.4 Å². The first-order valence-electron chi connectivity index (χ1n) is 7.18.